The zero-order valence-corrected chi connectivity index (χ0v) is 14.2. The Morgan fingerprint density at radius 2 is 1.82 bits per heavy atom. The van der Waals surface area contributed by atoms with Crippen LogP contribution in [0.15, 0.2) is 18.2 Å². The molecule has 0 aromatic heterocycles. The predicted molar refractivity (Wildman–Crippen MR) is 91.9 cm³/mol. The van der Waals surface area contributed by atoms with Crippen LogP contribution in [0.2, 0.25) is 0 Å². The normalized spacial score (nSPS) is 10.9. The molecule has 1 N–H and O–H groups in total. The first-order chi connectivity index (χ1) is 10.6. The van der Waals surface area contributed by atoms with Crippen molar-refractivity contribution in [3.63, 3.8) is 0 Å². The predicted octanol–water partition coefficient (Wildman–Crippen LogP) is 4.26. The first-order valence-electron chi connectivity index (χ1n) is 7.42. The lowest BCUT2D eigenvalue weighted by atomic mass is 10.1. The van der Waals surface area contributed by atoms with Gasteiger partial charge in [-0.2, -0.15) is 0 Å². The van der Waals surface area contributed by atoms with Crippen LogP contribution in [-0.4, -0.2) is 30.2 Å². The molecule has 0 atom stereocenters. The van der Waals surface area contributed by atoms with Crippen molar-refractivity contribution in [3.05, 3.63) is 23.8 Å². The molecule has 5 heteroatoms. The van der Waals surface area contributed by atoms with Gasteiger partial charge in [0.2, 0.25) is 10.9 Å². The van der Waals surface area contributed by atoms with Crippen molar-refractivity contribution < 1.29 is 19.4 Å². The quantitative estimate of drug-likeness (QED) is 0.543. The second kappa shape index (κ2) is 10.2. The molecule has 0 saturated heterocycles. The van der Waals surface area contributed by atoms with E-state index < -0.39 is 0 Å². The second-order valence-corrected chi connectivity index (χ2v) is 5.93. The van der Waals surface area contributed by atoms with Crippen LogP contribution in [-0.2, 0) is 4.79 Å². The van der Waals surface area contributed by atoms with Crippen molar-refractivity contribution in [3.8, 4) is 17.2 Å². The van der Waals surface area contributed by atoms with Gasteiger partial charge in [0, 0.05) is 5.75 Å². The van der Waals surface area contributed by atoms with Crippen molar-refractivity contribution in [1.29, 1.82) is 0 Å². The van der Waals surface area contributed by atoms with E-state index in [0.29, 0.717) is 11.5 Å². The summed E-state index contributed by atoms with van der Waals surface area (Å²) in [6.07, 6.45) is 7.90. The molecule has 122 valence electrons. The molecular formula is C17H24O4S. The van der Waals surface area contributed by atoms with E-state index in [1.54, 1.807) is 18.2 Å². The summed E-state index contributed by atoms with van der Waals surface area (Å²) in [6, 6.07) is 3.32. The highest BCUT2D eigenvalue weighted by Gasteiger charge is 2.10. The number of benzene rings is 1. The Labute approximate surface area is 136 Å². The Bertz CT molecular complexity index is 486. The van der Waals surface area contributed by atoms with E-state index in [9.17, 15) is 9.90 Å². The molecule has 1 rings (SSSR count). The molecule has 0 saturated carbocycles. The number of ether oxygens (including phenoxy) is 2. The molecule has 0 heterocycles. The van der Waals surface area contributed by atoms with Crippen LogP contribution < -0.4 is 9.47 Å². The molecule has 0 aliphatic heterocycles. The number of unbranched alkanes of at least 4 members (excludes halogenated alkanes) is 3. The van der Waals surface area contributed by atoms with Gasteiger partial charge in [-0.05, 0) is 30.2 Å². The largest absolute Gasteiger partial charge is 0.502 e. The van der Waals surface area contributed by atoms with E-state index in [1.807, 2.05) is 0 Å². The van der Waals surface area contributed by atoms with Crippen LogP contribution in [0.4, 0.5) is 0 Å². The molecule has 4 nitrogen and oxygen atoms in total. The summed E-state index contributed by atoms with van der Waals surface area (Å²) < 4.78 is 10.2. The van der Waals surface area contributed by atoms with Gasteiger partial charge in [-0.3, -0.25) is 4.79 Å². The maximum atomic E-state index is 11.8. The van der Waals surface area contributed by atoms with E-state index in [1.165, 1.54) is 51.3 Å². The molecule has 0 aliphatic rings. The lowest BCUT2D eigenvalue weighted by Gasteiger charge is -2.09. The number of rotatable bonds is 9. The van der Waals surface area contributed by atoms with Crippen molar-refractivity contribution in [1.82, 2.24) is 0 Å². The Kier molecular flexibility index (Phi) is 8.51. The highest BCUT2D eigenvalue weighted by Crippen LogP contribution is 2.37. The Morgan fingerprint density at radius 3 is 2.36 bits per heavy atom. The van der Waals surface area contributed by atoms with Crippen molar-refractivity contribution in [2.45, 2.75) is 32.6 Å². The summed E-state index contributed by atoms with van der Waals surface area (Å²) in [7, 11) is 2.94. The molecule has 1 aromatic rings. The fourth-order valence-corrected chi connectivity index (χ4v) is 2.64. The summed E-state index contributed by atoms with van der Waals surface area (Å²) in [5, 5.41) is 9.86. The third-order valence-electron chi connectivity index (χ3n) is 3.16. The summed E-state index contributed by atoms with van der Waals surface area (Å²) in [6.45, 7) is 2.17. The Hall–Kier alpha value is -1.62. The minimum absolute atomic E-state index is 0.0301. The molecule has 0 unspecified atom stereocenters. The van der Waals surface area contributed by atoms with Crippen LogP contribution in [0.5, 0.6) is 17.2 Å². The zero-order valence-electron chi connectivity index (χ0n) is 13.4. The van der Waals surface area contributed by atoms with Gasteiger partial charge >= 0.3 is 0 Å². The number of methoxy groups -OCH3 is 2. The van der Waals surface area contributed by atoms with E-state index in [2.05, 4.69) is 6.92 Å². The molecule has 0 aliphatic carbocycles. The van der Waals surface area contributed by atoms with Crippen LogP contribution in [0.1, 0.15) is 38.2 Å². The van der Waals surface area contributed by atoms with Gasteiger partial charge in [0.15, 0.2) is 11.5 Å². The number of thioether (sulfide) groups is 1. The molecule has 0 radical (unpaired) electrons. The summed E-state index contributed by atoms with van der Waals surface area (Å²) in [4.78, 5) is 11.8. The van der Waals surface area contributed by atoms with Crippen LogP contribution in [0.3, 0.4) is 0 Å². The standard InChI is InChI=1S/C17H24O4S/c1-4-5-6-7-10-22-16(18)9-8-13-11-14(20-2)17(19)15(12-13)21-3/h8-9,11-12,19H,4-7,10H2,1-3H3/b9-8+. The molecule has 0 spiro atoms. The van der Waals surface area contributed by atoms with Gasteiger partial charge in [-0.15, -0.1) is 0 Å². The van der Waals surface area contributed by atoms with Crippen molar-refractivity contribution >= 4 is 23.0 Å². The van der Waals surface area contributed by atoms with Gasteiger partial charge < -0.3 is 14.6 Å². The minimum atomic E-state index is -0.0428. The second-order valence-electron chi connectivity index (χ2n) is 4.84. The van der Waals surface area contributed by atoms with Crippen molar-refractivity contribution in [2.75, 3.05) is 20.0 Å². The molecule has 0 amide bonds. The number of aromatic hydroxyl groups is 1. The average Bonchev–Trinajstić information content (AvgIpc) is 2.53. The average molecular weight is 324 g/mol. The van der Waals surface area contributed by atoms with Gasteiger partial charge in [0.05, 0.1) is 14.2 Å². The Balaban J connectivity index is 2.60. The summed E-state index contributed by atoms with van der Waals surface area (Å²) in [5.41, 5.74) is 0.742. The van der Waals surface area contributed by atoms with E-state index >= 15 is 0 Å². The first kappa shape index (κ1) is 18.4. The number of hydrogen-bond acceptors (Lipinski definition) is 5. The van der Waals surface area contributed by atoms with Crippen LogP contribution in [0, 0.1) is 0 Å². The monoisotopic (exact) mass is 324 g/mol. The molecule has 22 heavy (non-hydrogen) atoms. The maximum Gasteiger partial charge on any atom is 0.212 e. The molecular weight excluding hydrogens is 300 g/mol. The highest BCUT2D eigenvalue weighted by molar-refractivity contribution is 8.14. The third kappa shape index (κ3) is 6.02. The molecule has 1 aromatic carbocycles. The van der Waals surface area contributed by atoms with Crippen molar-refractivity contribution in [2.24, 2.45) is 0 Å². The third-order valence-corrected chi connectivity index (χ3v) is 4.07. The van der Waals surface area contributed by atoms with Crippen LogP contribution >= 0.6 is 11.8 Å². The van der Waals surface area contributed by atoms with E-state index in [0.717, 1.165) is 17.7 Å². The van der Waals surface area contributed by atoms with Gasteiger partial charge in [-0.25, -0.2) is 0 Å². The maximum absolute atomic E-state index is 11.8. The van der Waals surface area contributed by atoms with Gasteiger partial charge in [0.25, 0.3) is 0 Å². The smallest absolute Gasteiger partial charge is 0.212 e. The lowest BCUT2D eigenvalue weighted by Crippen LogP contribution is -1.91. The van der Waals surface area contributed by atoms with Crippen LogP contribution in [0.25, 0.3) is 6.08 Å². The number of hydrogen-bond donors (Lipinski definition) is 1. The first-order valence-corrected chi connectivity index (χ1v) is 8.40. The summed E-state index contributed by atoms with van der Waals surface area (Å²) >= 11 is 1.33. The molecule has 0 fully saturated rings. The topological polar surface area (TPSA) is 55.8 Å². The number of carbonyl (C=O) groups is 1. The van der Waals surface area contributed by atoms with Gasteiger partial charge in [0.1, 0.15) is 0 Å². The zero-order chi connectivity index (χ0) is 16.4. The Morgan fingerprint density at radius 1 is 1.18 bits per heavy atom. The highest BCUT2D eigenvalue weighted by atomic mass is 32.2. The lowest BCUT2D eigenvalue weighted by molar-refractivity contribution is -0.107. The number of carbonyl (C=O) groups excluding carboxylic acids is 1. The molecule has 0 bridgehead atoms. The number of phenolic OH excluding ortho intramolecular Hbond substituents is 1. The number of phenols is 1. The fourth-order valence-electron chi connectivity index (χ4n) is 1.92. The minimum Gasteiger partial charge on any atom is -0.502 e. The fraction of sp³-hybridized carbons (Fsp3) is 0.471. The van der Waals surface area contributed by atoms with Gasteiger partial charge in [-0.1, -0.05) is 44.0 Å². The van der Waals surface area contributed by atoms with E-state index in [-0.39, 0.29) is 10.9 Å². The summed E-state index contributed by atoms with van der Waals surface area (Å²) in [5.74, 6) is 1.45. The van der Waals surface area contributed by atoms with E-state index in [4.69, 9.17) is 9.47 Å². The SMILES string of the molecule is CCCCCCSC(=O)/C=C/c1cc(OC)c(O)c(OC)c1.